The highest BCUT2D eigenvalue weighted by molar-refractivity contribution is 6.09. The average molecular weight is 1060 g/mol. The molecule has 2 aliphatic carbocycles. The highest BCUT2D eigenvalue weighted by atomic mass is 16.6. The van der Waals surface area contributed by atoms with E-state index in [-0.39, 0.29) is 42.9 Å². The van der Waals surface area contributed by atoms with Crippen LogP contribution < -0.4 is 9.80 Å². The van der Waals surface area contributed by atoms with Gasteiger partial charge < -0.3 is 9.80 Å². The van der Waals surface area contributed by atoms with Crippen LogP contribution in [0.1, 0.15) is 125 Å². The smallest absolute Gasteiger partial charge is 0.269 e. The van der Waals surface area contributed by atoms with Gasteiger partial charge in [0.05, 0.1) is 20.7 Å². The Morgan fingerprint density at radius 2 is 0.887 bits per heavy atom. The molecule has 6 aliphatic rings. The Bertz CT molecular complexity index is 3700. The number of allylic oxidation sites excluding steroid dienone is 8. The lowest BCUT2D eigenvalue weighted by Crippen LogP contribution is -2.32. The fourth-order valence-electron chi connectivity index (χ4n) is 15.7. The van der Waals surface area contributed by atoms with Crippen molar-refractivity contribution in [3.8, 4) is 0 Å². The van der Waals surface area contributed by atoms with Gasteiger partial charge in [0.2, 0.25) is 11.4 Å². The van der Waals surface area contributed by atoms with Crippen molar-refractivity contribution >= 4 is 67.1 Å². The molecule has 7 aromatic rings. The van der Waals surface area contributed by atoms with Crippen LogP contribution in [0, 0.1) is 20.2 Å². The molecule has 0 aromatic heterocycles. The Hall–Kier alpha value is -8.24. The summed E-state index contributed by atoms with van der Waals surface area (Å²) in [7, 11) is 4.24. The van der Waals surface area contributed by atoms with Crippen LogP contribution >= 0.6 is 0 Å². The van der Waals surface area contributed by atoms with E-state index in [1.165, 1.54) is 90.8 Å². The number of hydrogen-bond donors (Lipinski definition) is 0. The molecule has 13 rings (SSSR count). The van der Waals surface area contributed by atoms with E-state index in [1.54, 1.807) is 12.1 Å². The highest BCUT2D eigenvalue weighted by Gasteiger charge is 2.50. The molecule has 7 aromatic carbocycles. The molecule has 2 fully saturated rings. The van der Waals surface area contributed by atoms with Crippen LogP contribution in [-0.2, 0) is 34.7 Å². The second-order valence-corrected chi connectivity index (χ2v) is 24.5. The maximum Gasteiger partial charge on any atom is 0.269 e. The molecule has 4 aliphatic heterocycles. The Morgan fingerprint density at radius 3 is 1.27 bits per heavy atom. The molecule has 0 bridgehead atoms. The van der Waals surface area contributed by atoms with E-state index in [0.717, 1.165) is 73.9 Å². The van der Waals surface area contributed by atoms with Crippen molar-refractivity contribution in [1.82, 2.24) is 0 Å². The Labute approximate surface area is 469 Å². The first-order valence-electron chi connectivity index (χ1n) is 28.9. The fraction of sp³-hybridized carbons (Fsp3) is 0.314. The van der Waals surface area contributed by atoms with Gasteiger partial charge in [-0.05, 0) is 122 Å². The lowest BCUT2D eigenvalue weighted by atomic mass is 9.68. The standard InChI is InChI=1S/C70H70N6O4/c1-67(2)61(23-17-25-63-69(39-13-7-14-40-69)55-43-51(75(77)78)33-37-57(55)71(63)5)73(59-35-31-49-19-9-11-21-53(49)65(59)67)45-47-27-29-48(30-28-47)46-74-60-36-32-50-20-10-12-22-54(50)66(60)68(3,4)62(74)24-18-26-64-70(41-15-8-16-42-70)56-44-52(76(79)80)34-38-58(56)72(64)6/h9-12,17-38,43-44H,7-8,13-16,39-42,45-46H2,1-6H3/q+2. The third-order valence-corrected chi connectivity index (χ3v) is 19.5. The van der Waals surface area contributed by atoms with Crippen LogP contribution in [0.15, 0.2) is 181 Å². The van der Waals surface area contributed by atoms with E-state index < -0.39 is 0 Å². The first-order chi connectivity index (χ1) is 38.6. The summed E-state index contributed by atoms with van der Waals surface area (Å²) in [5, 5.41) is 29.1. The van der Waals surface area contributed by atoms with Crippen LogP contribution in [0.25, 0.3) is 21.5 Å². The number of anilines is 2. The molecular formula is C70H70N6O4+2. The molecule has 2 spiro atoms. The summed E-state index contributed by atoms with van der Waals surface area (Å²) in [6, 6.07) is 46.7. The molecule has 0 saturated heterocycles. The van der Waals surface area contributed by atoms with Gasteiger partial charge in [-0.15, -0.1) is 0 Å². The minimum absolute atomic E-state index is 0.158. The van der Waals surface area contributed by atoms with E-state index in [4.69, 9.17) is 0 Å². The van der Waals surface area contributed by atoms with Gasteiger partial charge >= 0.3 is 0 Å². The zero-order valence-electron chi connectivity index (χ0n) is 47.0. The number of nitro groups is 2. The fourth-order valence-corrected chi connectivity index (χ4v) is 15.7. The summed E-state index contributed by atoms with van der Waals surface area (Å²) >= 11 is 0. The number of nitrogens with zero attached hydrogens (tertiary/aromatic N) is 6. The van der Waals surface area contributed by atoms with E-state index in [1.807, 2.05) is 24.3 Å². The van der Waals surface area contributed by atoms with Gasteiger partial charge in [-0.1, -0.05) is 123 Å². The SMILES string of the molecule is CN1/C(=C/C=C/C2=[N+](Cc3ccc(C[N+]4=C(/C=C/C=C5/N(C)c6ccc([N+](=O)[O-])cc6C56CCCCC6)C(C)(C)c5c4ccc4ccccc54)cc3)c3ccc4ccccc4c3C2(C)C)C2(CCCCC2)c2cc([N+](=O)[O-])ccc21. The summed E-state index contributed by atoms with van der Waals surface area (Å²) in [5.41, 5.74) is 15.9. The van der Waals surface area contributed by atoms with E-state index in [9.17, 15) is 20.2 Å². The maximum atomic E-state index is 12.0. The number of hydrogen-bond acceptors (Lipinski definition) is 6. The Morgan fingerprint density at radius 1 is 0.500 bits per heavy atom. The van der Waals surface area contributed by atoms with Crippen molar-refractivity contribution in [3.05, 3.63) is 235 Å². The van der Waals surface area contributed by atoms with Crippen molar-refractivity contribution in [1.29, 1.82) is 0 Å². The Balaban J connectivity index is 0.862. The molecule has 2 saturated carbocycles. The quantitative estimate of drug-likeness (QED) is 0.0769. The second kappa shape index (κ2) is 19.2. The topological polar surface area (TPSA) is 98.8 Å². The summed E-state index contributed by atoms with van der Waals surface area (Å²) in [6.07, 6.45) is 24.4. The summed E-state index contributed by atoms with van der Waals surface area (Å²) in [5.74, 6) is 0. The normalized spacial score (nSPS) is 20.4. The van der Waals surface area contributed by atoms with Gasteiger partial charge in [-0.2, -0.15) is 9.15 Å². The molecule has 0 N–H and O–H groups in total. The Kier molecular flexibility index (Phi) is 12.3. The van der Waals surface area contributed by atoms with Gasteiger partial charge in [0, 0.05) is 118 Å². The van der Waals surface area contributed by atoms with Gasteiger partial charge in [0.1, 0.15) is 0 Å². The third kappa shape index (κ3) is 7.94. The number of rotatable bonds is 10. The number of non-ortho nitro benzene ring substituents is 2. The minimum atomic E-state index is -0.316. The van der Waals surface area contributed by atoms with Crippen molar-refractivity contribution < 1.29 is 19.0 Å². The lowest BCUT2D eigenvalue weighted by molar-refractivity contribution is -0.455. The molecule has 0 amide bonds. The monoisotopic (exact) mass is 1060 g/mol. The van der Waals surface area contributed by atoms with E-state index in [0.29, 0.717) is 13.1 Å². The van der Waals surface area contributed by atoms with Crippen LogP contribution in [0.5, 0.6) is 0 Å². The highest BCUT2D eigenvalue weighted by Crippen LogP contribution is 2.57. The maximum absolute atomic E-state index is 12.0. The molecule has 0 atom stereocenters. The zero-order chi connectivity index (χ0) is 55.3. The number of fused-ring (bicyclic) bond motifs is 10. The molecule has 10 heteroatoms. The predicted octanol–water partition coefficient (Wildman–Crippen LogP) is 16.5. The minimum Gasteiger partial charge on any atom is -0.347 e. The molecule has 0 radical (unpaired) electrons. The van der Waals surface area contributed by atoms with Crippen molar-refractivity contribution in [2.24, 2.45) is 0 Å². The van der Waals surface area contributed by atoms with Crippen molar-refractivity contribution in [2.75, 3.05) is 23.9 Å². The van der Waals surface area contributed by atoms with Crippen LogP contribution in [-0.4, -0.2) is 44.5 Å². The van der Waals surface area contributed by atoms with Crippen LogP contribution in [0.4, 0.5) is 34.1 Å². The third-order valence-electron chi connectivity index (χ3n) is 19.5. The van der Waals surface area contributed by atoms with Crippen molar-refractivity contribution in [2.45, 2.75) is 127 Å². The van der Waals surface area contributed by atoms with Gasteiger partial charge in [-0.3, -0.25) is 20.2 Å². The average Bonchev–Trinajstić information content (AvgIpc) is 4.12. The molecule has 0 unspecified atom stereocenters. The first-order valence-corrected chi connectivity index (χ1v) is 28.9. The van der Waals surface area contributed by atoms with Gasteiger partial charge in [-0.25, -0.2) is 0 Å². The lowest BCUT2D eigenvalue weighted by Gasteiger charge is -2.36. The predicted molar refractivity (Wildman–Crippen MR) is 325 cm³/mol. The van der Waals surface area contributed by atoms with Crippen LogP contribution in [0.2, 0.25) is 0 Å². The van der Waals surface area contributed by atoms with Crippen molar-refractivity contribution in [3.63, 3.8) is 0 Å². The number of likely N-dealkylation sites (N-methyl/N-ethyl adjacent to an activating group) is 2. The number of benzene rings is 7. The summed E-state index contributed by atoms with van der Waals surface area (Å²) in [6.45, 7) is 10.8. The largest absolute Gasteiger partial charge is 0.347 e. The van der Waals surface area contributed by atoms with Gasteiger partial charge in [0.25, 0.3) is 11.4 Å². The molecule has 402 valence electrons. The van der Waals surface area contributed by atoms with Gasteiger partial charge in [0.15, 0.2) is 24.5 Å². The first kappa shape index (κ1) is 51.2. The zero-order valence-corrected chi connectivity index (χ0v) is 47.0. The number of nitro benzene ring substituents is 2. The molecule has 80 heavy (non-hydrogen) atoms. The van der Waals surface area contributed by atoms with Crippen LogP contribution in [0.3, 0.4) is 0 Å². The summed E-state index contributed by atoms with van der Waals surface area (Å²) < 4.78 is 5.04. The summed E-state index contributed by atoms with van der Waals surface area (Å²) in [4.78, 5) is 28.1. The molecule has 10 nitrogen and oxygen atoms in total. The molecule has 4 heterocycles. The van der Waals surface area contributed by atoms with E-state index >= 15 is 0 Å². The van der Waals surface area contributed by atoms with E-state index in [2.05, 4.69) is 194 Å². The second-order valence-electron chi connectivity index (χ2n) is 24.5. The molecular weight excluding hydrogens is 989 g/mol.